The first kappa shape index (κ1) is 21.5. The van der Waals surface area contributed by atoms with E-state index in [1.165, 1.54) is 18.2 Å². The van der Waals surface area contributed by atoms with Gasteiger partial charge in [-0.25, -0.2) is 0 Å². The fraction of sp³-hybridized carbons (Fsp3) is 0.333. The van der Waals surface area contributed by atoms with Crippen LogP contribution in [0.1, 0.15) is 35.7 Å². The maximum absolute atomic E-state index is 12.7. The summed E-state index contributed by atoms with van der Waals surface area (Å²) < 4.78 is 5.37. The number of thioether (sulfide) groups is 1. The van der Waals surface area contributed by atoms with E-state index in [-0.39, 0.29) is 11.8 Å². The van der Waals surface area contributed by atoms with Crippen LogP contribution in [-0.2, 0) is 4.79 Å². The molecule has 6 nitrogen and oxygen atoms in total. The number of anilines is 1. The van der Waals surface area contributed by atoms with Crippen LogP contribution in [0.5, 0.6) is 5.75 Å². The van der Waals surface area contributed by atoms with E-state index in [2.05, 4.69) is 22.5 Å². The number of nitrogens with zero attached hydrogens (tertiary/aromatic N) is 1. The number of rotatable bonds is 6. The number of likely N-dealkylation sites (N-methyl/N-ethyl adjacent to an activating group) is 1. The number of para-hydroxylation sites is 1. The Hall–Kier alpha value is -2.77. The molecule has 2 aliphatic heterocycles. The van der Waals surface area contributed by atoms with Gasteiger partial charge < -0.3 is 15.4 Å². The van der Waals surface area contributed by atoms with Gasteiger partial charge >= 0.3 is 0 Å². The predicted octanol–water partition coefficient (Wildman–Crippen LogP) is 3.99. The average Bonchev–Trinajstić information content (AvgIpc) is 3.25. The number of benzene rings is 2. The summed E-state index contributed by atoms with van der Waals surface area (Å²) in [4.78, 5) is 29.2. The largest absolute Gasteiger partial charge is 0.496 e. The lowest BCUT2D eigenvalue weighted by molar-refractivity contribution is -0.112. The number of ether oxygens (including phenoxy) is 1. The maximum atomic E-state index is 12.7. The first-order valence-electron chi connectivity index (χ1n) is 10.6. The van der Waals surface area contributed by atoms with Gasteiger partial charge in [0.05, 0.1) is 17.7 Å². The molecule has 162 valence electrons. The molecule has 0 aromatic heterocycles. The van der Waals surface area contributed by atoms with Gasteiger partial charge in [-0.2, -0.15) is 0 Å². The van der Waals surface area contributed by atoms with E-state index in [0.717, 1.165) is 30.0 Å². The summed E-state index contributed by atoms with van der Waals surface area (Å²) in [5, 5.41) is 5.97. The Morgan fingerprint density at radius 1 is 1.32 bits per heavy atom. The van der Waals surface area contributed by atoms with E-state index in [1.54, 1.807) is 13.2 Å². The lowest BCUT2D eigenvalue weighted by atomic mass is 10.1. The van der Waals surface area contributed by atoms with Gasteiger partial charge in [-0.15, -0.1) is 0 Å². The second-order valence-corrected chi connectivity index (χ2v) is 8.74. The fourth-order valence-corrected chi connectivity index (χ4v) is 5.01. The number of amides is 2. The SMILES string of the molecule is CCN1CCCC1CNC(=O)c1ccc2c(c1)NC(=O)/C(=C/c1ccccc1OC)S2. The average molecular weight is 438 g/mol. The molecule has 2 aromatic rings. The van der Waals surface area contributed by atoms with Gasteiger partial charge in [0, 0.05) is 28.6 Å². The molecule has 0 radical (unpaired) electrons. The van der Waals surface area contributed by atoms with E-state index in [4.69, 9.17) is 4.74 Å². The minimum atomic E-state index is -0.189. The highest BCUT2D eigenvalue weighted by Gasteiger charge is 2.25. The molecule has 1 saturated heterocycles. The van der Waals surface area contributed by atoms with Gasteiger partial charge in [-0.05, 0) is 56.3 Å². The van der Waals surface area contributed by atoms with Crippen molar-refractivity contribution in [3.8, 4) is 5.75 Å². The lowest BCUT2D eigenvalue weighted by Gasteiger charge is -2.23. The van der Waals surface area contributed by atoms with Gasteiger partial charge in [0.1, 0.15) is 5.75 Å². The highest BCUT2D eigenvalue weighted by atomic mass is 32.2. The van der Waals surface area contributed by atoms with Gasteiger partial charge in [0.25, 0.3) is 11.8 Å². The van der Waals surface area contributed by atoms with Crippen LogP contribution in [0.4, 0.5) is 5.69 Å². The van der Waals surface area contributed by atoms with Crippen molar-refractivity contribution < 1.29 is 14.3 Å². The van der Waals surface area contributed by atoms with Crippen LogP contribution in [0.15, 0.2) is 52.3 Å². The summed E-state index contributed by atoms with van der Waals surface area (Å²) in [5.74, 6) is 0.413. The van der Waals surface area contributed by atoms with Crippen molar-refractivity contribution in [1.82, 2.24) is 10.2 Å². The summed E-state index contributed by atoms with van der Waals surface area (Å²) in [6.45, 7) is 4.91. The normalized spacial score (nSPS) is 19.7. The highest BCUT2D eigenvalue weighted by Crippen LogP contribution is 2.40. The second kappa shape index (κ2) is 9.58. The number of nitrogens with one attached hydrogen (secondary N) is 2. The van der Waals surface area contributed by atoms with E-state index in [1.807, 2.05) is 42.5 Å². The molecule has 1 unspecified atom stereocenters. The van der Waals surface area contributed by atoms with E-state index < -0.39 is 0 Å². The Morgan fingerprint density at radius 3 is 2.97 bits per heavy atom. The Labute approximate surface area is 187 Å². The van der Waals surface area contributed by atoms with Gasteiger partial charge in [-0.3, -0.25) is 14.5 Å². The molecule has 0 saturated carbocycles. The maximum Gasteiger partial charge on any atom is 0.262 e. The molecule has 7 heteroatoms. The predicted molar refractivity (Wildman–Crippen MR) is 125 cm³/mol. The molecule has 2 amide bonds. The van der Waals surface area contributed by atoms with Crippen LogP contribution < -0.4 is 15.4 Å². The molecular weight excluding hydrogens is 410 g/mol. The summed E-state index contributed by atoms with van der Waals surface area (Å²) in [5.41, 5.74) is 2.06. The first-order valence-corrected chi connectivity index (χ1v) is 11.4. The Balaban J connectivity index is 1.46. The Bertz CT molecular complexity index is 1020. The number of hydrogen-bond acceptors (Lipinski definition) is 5. The van der Waals surface area contributed by atoms with E-state index in [9.17, 15) is 9.59 Å². The van der Waals surface area contributed by atoms with Gasteiger partial charge in [0.15, 0.2) is 0 Å². The molecule has 4 rings (SSSR count). The molecule has 2 heterocycles. The zero-order chi connectivity index (χ0) is 21.8. The van der Waals surface area contributed by atoms with Crippen LogP contribution in [-0.4, -0.2) is 49.5 Å². The lowest BCUT2D eigenvalue weighted by Crippen LogP contribution is -2.40. The smallest absolute Gasteiger partial charge is 0.262 e. The van der Waals surface area contributed by atoms with Crippen molar-refractivity contribution in [3.63, 3.8) is 0 Å². The molecule has 0 bridgehead atoms. The molecule has 1 atom stereocenters. The summed E-state index contributed by atoms with van der Waals surface area (Å²) in [6, 6.07) is 13.4. The van der Waals surface area contributed by atoms with Crippen LogP contribution in [0.3, 0.4) is 0 Å². The molecule has 2 N–H and O–H groups in total. The first-order chi connectivity index (χ1) is 15.1. The third-order valence-electron chi connectivity index (χ3n) is 5.76. The topological polar surface area (TPSA) is 70.7 Å². The second-order valence-electron chi connectivity index (χ2n) is 7.65. The van der Waals surface area contributed by atoms with Gasteiger partial charge in [-0.1, -0.05) is 36.9 Å². The Kier molecular flexibility index (Phi) is 6.63. The molecular formula is C24H27N3O3S. The van der Waals surface area contributed by atoms with E-state index >= 15 is 0 Å². The van der Waals surface area contributed by atoms with Crippen LogP contribution in [0, 0.1) is 0 Å². The van der Waals surface area contributed by atoms with Crippen molar-refractivity contribution >= 4 is 35.3 Å². The minimum Gasteiger partial charge on any atom is -0.496 e. The minimum absolute atomic E-state index is 0.111. The van der Waals surface area contributed by atoms with Crippen LogP contribution >= 0.6 is 11.8 Å². The zero-order valence-electron chi connectivity index (χ0n) is 17.8. The van der Waals surface area contributed by atoms with Crippen molar-refractivity contribution in [2.75, 3.05) is 32.1 Å². The molecule has 1 fully saturated rings. The monoisotopic (exact) mass is 437 g/mol. The van der Waals surface area contributed by atoms with E-state index in [0.29, 0.717) is 34.5 Å². The number of likely N-dealkylation sites (tertiary alicyclic amines) is 1. The third-order valence-corrected chi connectivity index (χ3v) is 6.86. The Morgan fingerprint density at radius 2 is 2.16 bits per heavy atom. The standard InChI is InChI=1S/C24H27N3O3S/c1-3-27-12-6-8-18(27)15-25-23(28)17-10-11-21-19(13-17)26-24(29)22(31-21)14-16-7-4-5-9-20(16)30-2/h4-5,7,9-11,13-14,18H,3,6,8,12,15H2,1-2H3,(H,25,28)(H,26,29)/b22-14-. The number of methoxy groups -OCH3 is 1. The highest BCUT2D eigenvalue weighted by molar-refractivity contribution is 8.04. The molecule has 2 aliphatic rings. The molecule has 2 aromatic carbocycles. The fourth-order valence-electron chi connectivity index (χ4n) is 4.08. The van der Waals surface area contributed by atoms with Crippen molar-refractivity contribution in [2.45, 2.75) is 30.7 Å². The zero-order valence-corrected chi connectivity index (χ0v) is 18.6. The number of hydrogen-bond donors (Lipinski definition) is 2. The number of carbonyl (C=O) groups excluding carboxylic acids is 2. The summed E-state index contributed by atoms with van der Waals surface area (Å²) in [7, 11) is 1.61. The molecule has 0 aliphatic carbocycles. The summed E-state index contributed by atoms with van der Waals surface area (Å²) >= 11 is 1.39. The molecule has 31 heavy (non-hydrogen) atoms. The number of carbonyl (C=O) groups is 2. The number of fused-ring (bicyclic) bond motifs is 1. The summed E-state index contributed by atoms with van der Waals surface area (Å²) in [6.07, 6.45) is 4.12. The molecule has 0 spiro atoms. The third kappa shape index (κ3) is 4.78. The van der Waals surface area contributed by atoms with Crippen LogP contribution in [0.25, 0.3) is 6.08 Å². The van der Waals surface area contributed by atoms with Gasteiger partial charge in [0.2, 0.25) is 0 Å². The van der Waals surface area contributed by atoms with Crippen molar-refractivity contribution in [2.24, 2.45) is 0 Å². The van der Waals surface area contributed by atoms with Crippen molar-refractivity contribution in [3.05, 3.63) is 58.5 Å². The quantitative estimate of drug-likeness (QED) is 0.669. The van der Waals surface area contributed by atoms with Crippen molar-refractivity contribution in [1.29, 1.82) is 0 Å². The van der Waals surface area contributed by atoms with Crippen LogP contribution in [0.2, 0.25) is 0 Å².